The van der Waals surface area contributed by atoms with Crippen molar-refractivity contribution in [1.82, 2.24) is 14.8 Å². The third-order valence-electron chi connectivity index (χ3n) is 7.05. The fourth-order valence-corrected chi connectivity index (χ4v) is 5.47. The third-order valence-corrected chi connectivity index (χ3v) is 7.05. The number of aromatic nitrogens is 1. The summed E-state index contributed by atoms with van der Waals surface area (Å²) in [6.45, 7) is 2.70. The van der Waals surface area contributed by atoms with Gasteiger partial charge >= 0.3 is 12.4 Å². The highest BCUT2D eigenvalue weighted by Crippen LogP contribution is 2.41. The largest absolute Gasteiger partial charge is 0.496 e. The van der Waals surface area contributed by atoms with Gasteiger partial charge in [0.1, 0.15) is 12.4 Å². The molecular formula is C26H31F6N3O4. The second kappa shape index (κ2) is 10.2. The Kier molecular flexibility index (Phi) is 7.54. The summed E-state index contributed by atoms with van der Waals surface area (Å²) in [4.78, 5) is 26.9. The molecule has 1 amide bonds. The second-order valence-corrected chi connectivity index (χ2v) is 10.5. The van der Waals surface area contributed by atoms with Crippen LogP contribution >= 0.6 is 0 Å². The lowest BCUT2D eigenvalue weighted by atomic mass is 9.79. The minimum absolute atomic E-state index is 0. The van der Waals surface area contributed by atoms with Gasteiger partial charge in [-0.1, -0.05) is 6.07 Å². The predicted octanol–water partition coefficient (Wildman–Crippen LogP) is 5.08. The molecule has 1 fully saturated rings. The maximum atomic E-state index is 13.3. The number of rotatable bonds is 6. The molecule has 2 aliphatic heterocycles. The van der Waals surface area contributed by atoms with E-state index in [0.29, 0.717) is 24.1 Å². The Balaban J connectivity index is 0.00000441. The van der Waals surface area contributed by atoms with Crippen molar-refractivity contribution in [1.29, 1.82) is 0 Å². The molecule has 216 valence electrons. The summed E-state index contributed by atoms with van der Waals surface area (Å²) < 4.78 is 88.2. The summed E-state index contributed by atoms with van der Waals surface area (Å²) >= 11 is 0. The SMILES string of the molecule is COc1cc(C(=O)N2CCC3(CC2)NC(C)(C)Cn2c(C(=O)C(F)(F)F)ccc23)ccc1COCC(F)(F)F.[HH]. The van der Waals surface area contributed by atoms with Gasteiger partial charge in [-0.05, 0) is 51.0 Å². The summed E-state index contributed by atoms with van der Waals surface area (Å²) in [6.07, 6.45) is -8.67. The minimum Gasteiger partial charge on any atom is -0.496 e. The van der Waals surface area contributed by atoms with Crippen LogP contribution in [0.1, 0.15) is 60.2 Å². The number of likely N-dealkylation sites (tertiary alicyclic amines) is 1. The number of nitrogens with zero attached hydrogens (tertiary/aromatic N) is 2. The van der Waals surface area contributed by atoms with Crippen LogP contribution in [0.2, 0.25) is 0 Å². The second-order valence-electron chi connectivity index (χ2n) is 10.5. The number of fused-ring (bicyclic) bond motifs is 2. The van der Waals surface area contributed by atoms with Crippen molar-refractivity contribution in [2.24, 2.45) is 0 Å². The Morgan fingerprint density at radius 3 is 2.31 bits per heavy atom. The van der Waals surface area contributed by atoms with E-state index in [-0.39, 0.29) is 44.9 Å². The van der Waals surface area contributed by atoms with Gasteiger partial charge in [-0.15, -0.1) is 0 Å². The van der Waals surface area contributed by atoms with E-state index in [2.05, 4.69) is 5.32 Å². The lowest BCUT2D eigenvalue weighted by Gasteiger charge is -2.51. The first-order valence-corrected chi connectivity index (χ1v) is 12.3. The zero-order chi connectivity index (χ0) is 28.8. The van der Waals surface area contributed by atoms with Crippen molar-refractivity contribution in [2.45, 2.75) is 63.3 Å². The molecule has 2 aromatic rings. The van der Waals surface area contributed by atoms with Gasteiger partial charge in [0, 0.05) is 43.4 Å². The van der Waals surface area contributed by atoms with Crippen LogP contribution < -0.4 is 10.1 Å². The normalized spacial score (nSPS) is 18.6. The molecule has 13 heteroatoms. The molecule has 0 atom stereocenters. The van der Waals surface area contributed by atoms with Gasteiger partial charge in [-0.25, -0.2) is 0 Å². The number of benzene rings is 1. The average molecular weight is 564 g/mol. The number of nitrogens with one attached hydrogen (secondary N) is 1. The number of carbonyl (C=O) groups is 2. The first-order chi connectivity index (χ1) is 18.1. The van der Waals surface area contributed by atoms with Crippen LogP contribution in [0.3, 0.4) is 0 Å². The van der Waals surface area contributed by atoms with Crippen molar-refractivity contribution in [3.8, 4) is 5.75 Å². The van der Waals surface area contributed by atoms with E-state index in [0.717, 1.165) is 0 Å². The number of alkyl halides is 6. The number of ether oxygens (including phenoxy) is 2. The lowest BCUT2D eigenvalue weighted by molar-refractivity contribution is -0.176. The average Bonchev–Trinajstić information content (AvgIpc) is 3.25. The lowest BCUT2D eigenvalue weighted by Crippen LogP contribution is -2.63. The topological polar surface area (TPSA) is 72.8 Å². The van der Waals surface area contributed by atoms with Gasteiger partial charge in [0.15, 0.2) is 0 Å². The van der Waals surface area contributed by atoms with E-state index in [9.17, 15) is 35.9 Å². The van der Waals surface area contributed by atoms with Crippen molar-refractivity contribution in [3.63, 3.8) is 0 Å². The molecule has 0 saturated carbocycles. The zero-order valence-corrected chi connectivity index (χ0v) is 21.6. The molecule has 39 heavy (non-hydrogen) atoms. The Bertz CT molecular complexity index is 1250. The zero-order valence-electron chi connectivity index (χ0n) is 21.6. The standard InChI is InChI=1S/C26H29F6N3O4.H2/c1-23(2)14-35-18(21(36)26(30,31)32)6-7-20(35)24(33-23)8-10-34(11-9-24)22(37)16-4-5-17(19(12-16)38-3)13-39-15-25(27,28)29;/h4-7,12,33H,8-11,13-15H2,1-3H3;1H. The fourth-order valence-electron chi connectivity index (χ4n) is 5.47. The predicted molar refractivity (Wildman–Crippen MR) is 130 cm³/mol. The summed E-state index contributed by atoms with van der Waals surface area (Å²) in [5.74, 6) is -1.99. The monoisotopic (exact) mass is 563 g/mol. The molecule has 1 N–H and O–H groups in total. The molecule has 1 aromatic heterocycles. The Morgan fingerprint density at radius 2 is 1.72 bits per heavy atom. The molecule has 4 rings (SSSR count). The van der Waals surface area contributed by atoms with E-state index < -0.39 is 41.5 Å². The quantitative estimate of drug-likeness (QED) is 0.392. The number of hydrogen-bond acceptors (Lipinski definition) is 5. The molecule has 1 aromatic carbocycles. The maximum absolute atomic E-state index is 13.3. The van der Waals surface area contributed by atoms with E-state index in [4.69, 9.17) is 9.47 Å². The number of piperidine rings is 1. The molecule has 0 radical (unpaired) electrons. The minimum atomic E-state index is -4.99. The third kappa shape index (κ3) is 6.08. The van der Waals surface area contributed by atoms with Crippen molar-refractivity contribution in [2.75, 3.05) is 26.8 Å². The molecule has 0 bridgehead atoms. The Hall–Kier alpha value is -3.06. The number of hydrogen-bond donors (Lipinski definition) is 1. The summed E-state index contributed by atoms with van der Waals surface area (Å²) in [7, 11) is 1.34. The molecule has 1 spiro atoms. The number of amides is 1. The maximum Gasteiger partial charge on any atom is 0.456 e. The molecule has 3 heterocycles. The van der Waals surface area contributed by atoms with E-state index in [1.54, 1.807) is 11.0 Å². The van der Waals surface area contributed by atoms with Crippen molar-refractivity contribution in [3.05, 3.63) is 52.8 Å². The van der Waals surface area contributed by atoms with Crippen LogP contribution in [0.25, 0.3) is 0 Å². The molecule has 7 nitrogen and oxygen atoms in total. The van der Waals surface area contributed by atoms with Gasteiger partial charge in [0.2, 0.25) is 0 Å². The van der Waals surface area contributed by atoms with Gasteiger partial charge < -0.3 is 18.9 Å². The first kappa shape index (κ1) is 28.9. The van der Waals surface area contributed by atoms with Crippen molar-refractivity contribution >= 4 is 11.7 Å². The van der Waals surface area contributed by atoms with E-state index >= 15 is 0 Å². The number of methoxy groups -OCH3 is 1. The van der Waals surface area contributed by atoms with E-state index in [1.807, 2.05) is 13.8 Å². The smallest absolute Gasteiger partial charge is 0.456 e. The van der Waals surface area contributed by atoms with Crippen LogP contribution in [0.5, 0.6) is 5.75 Å². The van der Waals surface area contributed by atoms with Crippen LogP contribution in [0.4, 0.5) is 26.3 Å². The van der Waals surface area contributed by atoms with Crippen LogP contribution in [0, 0.1) is 0 Å². The Labute approximate surface area is 222 Å². The van der Waals surface area contributed by atoms with Gasteiger partial charge in [-0.3, -0.25) is 14.9 Å². The Morgan fingerprint density at radius 1 is 1.05 bits per heavy atom. The highest BCUT2D eigenvalue weighted by Gasteiger charge is 2.49. The highest BCUT2D eigenvalue weighted by molar-refractivity contribution is 5.99. The fraction of sp³-hybridized carbons (Fsp3) is 0.538. The number of carbonyl (C=O) groups excluding carboxylic acids is 2. The van der Waals surface area contributed by atoms with Crippen LogP contribution in [0.15, 0.2) is 30.3 Å². The van der Waals surface area contributed by atoms with Gasteiger partial charge in [-0.2, -0.15) is 26.3 Å². The summed E-state index contributed by atoms with van der Waals surface area (Å²) in [5, 5.41) is 3.55. The van der Waals surface area contributed by atoms with Gasteiger partial charge in [0.05, 0.1) is 24.9 Å². The number of Topliss-reactive ketones (excluding diaryl/α,β-unsaturated/α-hetero) is 1. The molecule has 2 aliphatic rings. The van der Waals surface area contributed by atoms with Gasteiger partial charge in [0.25, 0.3) is 11.7 Å². The highest BCUT2D eigenvalue weighted by atomic mass is 19.4. The molecule has 1 saturated heterocycles. The number of ketones is 1. The number of halogens is 6. The molecule has 0 unspecified atom stereocenters. The molecule has 0 aliphatic carbocycles. The van der Waals surface area contributed by atoms with Crippen LogP contribution in [-0.4, -0.2) is 65.9 Å². The molecular weight excluding hydrogens is 532 g/mol. The first-order valence-electron chi connectivity index (χ1n) is 12.3. The summed E-state index contributed by atoms with van der Waals surface area (Å²) in [6, 6.07) is 7.17. The van der Waals surface area contributed by atoms with Crippen LogP contribution in [-0.2, 0) is 23.4 Å². The van der Waals surface area contributed by atoms with Crippen molar-refractivity contribution < 1.29 is 46.8 Å². The van der Waals surface area contributed by atoms with E-state index in [1.165, 1.54) is 35.9 Å². The summed E-state index contributed by atoms with van der Waals surface area (Å²) in [5.41, 5.74) is -0.547.